The first-order valence-electron chi connectivity index (χ1n) is 12.7. The maximum absolute atomic E-state index is 13.8. The van der Waals surface area contributed by atoms with Crippen molar-refractivity contribution in [3.8, 4) is 6.19 Å². The fourth-order valence-corrected chi connectivity index (χ4v) is 4.24. The Morgan fingerprint density at radius 2 is 2.02 bits per heavy atom. The van der Waals surface area contributed by atoms with Gasteiger partial charge < -0.3 is 15.0 Å². The summed E-state index contributed by atoms with van der Waals surface area (Å²) in [5, 5.41) is 17.9. The van der Waals surface area contributed by atoms with E-state index < -0.39 is 23.8 Å². The van der Waals surface area contributed by atoms with Crippen LogP contribution in [0.2, 0.25) is 5.02 Å². The van der Waals surface area contributed by atoms with Crippen LogP contribution in [0.3, 0.4) is 0 Å². The molecule has 41 heavy (non-hydrogen) atoms. The van der Waals surface area contributed by atoms with Crippen molar-refractivity contribution in [1.29, 1.82) is 5.26 Å². The third-order valence-corrected chi connectivity index (χ3v) is 6.73. The van der Waals surface area contributed by atoms with Crippen molar-refractivity contribution in [2.24, 2.45) is 4.99 Å². The molecule has 1 atom stereocenters. The second-order valence-corrected chi connectivity index (χ2v) is 9.41. The molecule has 1 heterocycles. The predicted molar refractivity (Wildman–Crippen MR) is 152 cm³/mol. The topological polar surface area (TPSA) is 132 Å². The molecule has 0 saturated carbocycles. The number of nitriles is 1. The lowest BCUT2D eigenvalue weighted by molar-refractivity contribution is -0.132. The number of guanidine groups is 1. The van der Waals surface area contributed by atoms with Gasteiger partial charge in [0.1, 0.15) is 24.1 Å². The van der Waals surface area contributed by atoms with Gasteiger partial charge in [-0.15, -0.1) is 0 Å². The maximum atomic E-state index is 13.8. The molecule has 10 nitrogen and oxygen atoms in total. The number of carbonyl (C=O) groups is 2. The number of aliphatic imine (C=N–C) groups is 1. The largest absolute Gasteiger partial charge is 0.447 e. The van der Waals surface area contributed by atoms with E-state index in [4.69, 9.17) is 21.6 Å². The van der Waals surface area contributed by atoms with Crippen LogP contribution in [0.1, 0.15) is 24.8 Å². The molecule has 0 aliphatic carbocycles. The van der Waals surface area contributed by atoms with Crippen LogP contribution in [-0.2, 0) is 16.0 Å². The number of nitrogens with zero attached hydrogens (tertiary/aromatic N) is 4. The van der Waals surface area contributed by atoms with Gasteiger partial charge in [0.2, 0.25) is 11.9 Å². The second-order valence-electron chi connectivity index (χ2n) is 9.03. The number of hydrogen-bond donors (Lipinski definition) is 3. The number of pyridine rings is 1. The monoisotopic (exact) mass is 585 g/mol. The van der Waals surface area contributed by atoms with Crippen LogP contribution >= 0.6 is 11.6 Å². The molecule has 0 bridgehead atoms. The van der Waals surface area contributed by atoms with Crippen molar-refractivity contribution in [3.63, 3.8) is 0 Å². The van der Waals surface area contributed by atoms with Crippen molar-refractivity contribution in [2.75, 3.05) is 32.6 Å². The molecular weight excluding hydrogens is 556 g/mol. The molecule has 0 unspecified atom stereocenters. The van der Waals surface area contributed by atoms with Crippen LogP contribution in [0, 0.1) is 23.1 Å². The maximum Gasteiger partial charge on any atom is 0.412 e. The van der Waals surface area contributed by atoms with Crippen molar-refractivity contribution < 1.29 is 23.1 Å². The summed E-state index contributed by atoms with van der Waals surface area (Å²) in [4.78, 5) is 35.1. The van der Waals surface area contributed by atoms with Gasteiger partial charge in [-0.3, -0.25) is 20.4 Å². The molecule has 0 radical (unpaired) electrons. The number of anilines is 1. The molecule has 2 aromatic carbocycles. The van der Waals surface area contributed by atoms with Gasteiger partial charge in [0, 0.05) is 38.6 Å². The van der Waals surface area contributed by atoms with E-state index in [-0.39, 0.29) is 36.2 Å². The van der Waals surface area contributed by atoms with Crippen LogP contribution in [-0.4, -0.2) is 61.1 Å². The number of nitrogens with one attached hydrogen (secondary N) is 3. The lowest BCUT2D eigenvalue weighted by atomic mass is 10.1. The molecule has 13 heteroatoms. The Hall–Kier alpha value is -4.50. The highest BCUT2D eigenvalue weighted by Crippen LogP contribution is 2.22. The molecule has 0 fully saturated rings. The van der Waals surface area contributed by atoms with Crippen LogP contribution in [0.5, 0.6) is 0 Å². The minimum absolute atomic E-state index is 0.0185. The van der Waals surface area contributed by atoms with Crippen molar-refractivity contribution in [1.82, 2.24) is 20.5 Å². The Kier molecular flexibility index (Phi) is 11.6. The second kappa shape index (κ2) is 15.3. The summed E-state index contributed by atoms with van der Waals surface area (Å²) < 4.78 is 32.8. The van der Waals surface area contributed by atoms with Crippen molar-refractivity contribution in [2.45, 2.75) is 31.7 Å². The summed E-state index contributed by atoms with van der Waals surface area (Å²) in [6, 6.07) is 9.70. The molecular formula is C28H30ClF2N7O3. The zero-order chi connectivity index (χ0) is 29.8. The summed E-state index contributed by atoms with van der Waals surface area (Å²) in [5.41, 5.74) is 0.518. The summed E-state index contributed by atoms with van der Waals surface area (Å²) in [6.07, 6.45) is 3.80. The van der Waals surface area contributed by atoms with Crippen molar-refractivity contribution >= 4 is 46.2 Å². The van der Waals surface area contributed by atoms with Gasteiger partial charge >= 0.3 is 6.09 Å². The molecule has 0 aliphatic heterocycles. The fraction of sp³-hybridized carbons (Fsp3) is 0.321. The number of likely N-dealkylation sites (N-methyl/N-ethyl adjacent to an activating group) is 1. The van der Waals surface area contributed by atoms with E-state index in [9.17, 15) is 18.4 Å². The smallest absolute Gasteiger partial charge is 0.412 e. The molecule has 216 valence electrons. The number of halogens is 3. The number of amides is 2. The summed E-state index contributed by atoms with van der Waals surface area (Å²) in [5.74, 6) is -0.725. The normalized spacial score (nSPS) is 11.9. The van der Waals surface area contributed by atoms with Crippen LogP contribution in [0.25, 0.3) is 10.8 Å². The van der Waals surface area contributed by atoms with E-state index in [0.717, 1.165) is 0 Å². The Morgan fingerprint density at radius 1 is 1.22 bits per heavy atom. The Morgan fingerprint density at radius 3 is 2.78 bits per heavy atom. The van der Waals surface area contributed by atoms with Gasteiger partial charge in [0.25, 0.3) is 0 Å². The third kappa shape index (κ3) is 9.29. The van der Waals surface area contributed by atoms with Gasteiger partial charge in [-0.05, 0) is 60.5 Å². The zero-order valence-corrected chi connectivity index (χ0v) is 23.3. The van der Waals surface area contributed by atoms with E-state index in [1.165, 1.54) is 48.5 Å². The molecule has 3 rings (SSSR count). The zero-order valence-electron chi connectivity index (χ0n) is 22.6. The minimum Gasteiger partial charge on any atom is -0.447 e. The average molecular weight is 586 g/mol. The molecule has 0 aliphatic rings. The number of carbonyl (C=O) groups excluding carboxylic acids is 2. The quantitative estimate of drug-likeness (QED) is 0.0985. The number of fused-ring (bicyclic) bond motifs is 1. The predicted octanol–water partition coefficient (Wildman–Crippen LogP) is 4.60. The highest BCUT2D eigenvalue weighted by atomic mass is 35.5. The van der Waals surface area contributed by atoms with Gasteiger partial charge in [-0.2, -0.15) is 5.26 Å². The minimum atomic E-state index is -0.789. The van der Waals surface area contributed by atoms with Crippen LogP contribution in [0.15, 0.2) is 53.7 Å². The lowest BCUT2D eigenvalue weighted by Crippen LogP contribution is -2.42. The number of benzene rings is 2. The number of aromatic nitrogens is 1. The lowest BCUT2D eigenvalue weighted by Gasteiger charge is -2.28. The van der Waals surface area contributed by atoms with Crippen molar-refractivity contribution in [3.05, 3.63) is 70.9 Å². The molecule has 3 aromatic rings. The number of aryl methyl sites for hydroxylation is 1. The molecule has 0 saturated heterocycles. The third-order valence-electron chi connectivity index (χ3n) is 6.31. The Balaban J connectivity index is 1.62. The van der Waals surface area contributed by atoms with Crippen LogP contribution < -0.4 is 16.0 Å². The molecule has 0 spiro atoms. The number of ether oxygens (including phenoxy) is 1. The highest BCUT2D eigenvalue weighted by molar-refractivity contribution is 6.31. The van der Waals surface area contributed by atoms with Gasteiger partial charge in [-0.1, -0.05) is 23.7 Å². The first-order valence-corrected chi connectivity index (χ1v) is 13.1. The highest BCUT2D eigenvalue weighted by Gasteiger charge is 2.22. The number of rotatable bonds is 11. The van der Waals surface area contributed by atoms with E-state index >= 15 is 0 Å². The van der Waals surface area contributed by atoms with E-state index in [2.05, 4.69) is 25.9 Å². The molecule has 2 amide bonds. The fourth-order valence-electron chi connectivity index (χ4n) is 4.02. The first-order chi connectivity index (χ1) is 19.7. The number of hydrogen-bond acceptors (Lipinski definition) is 6. The van der Waals surface area contributed by atoms with Gasteiger partial charge in [-0.25, -0.2) is 18.6 Å². The van der Waals surface area contributed by atoms with Crippen LogP contribution in [0.4, 0.5) is 19.4 Å². The SMILES string of the molecule is CN=C(NC#N)NCCC[C@@H](COC(=O)Nc1cc2cc(F)ccc2cn1)N(C)C(=O)CCc1cccc(F)c1Cl. The summed E-state index contributed by atoms with van der Waals surface area (Å²) in [6.45, 7) is 0.310. The first kappa shape index (κ1) is 31.0. The standard InChI is InChI=1S/C28H30ClF2N7O3/c1-33-27(36-17-32)34-12-4-6-22(38(2)25(39)11-9-18-5-3-7-23(31)26(18)29)16-41-28(40)37-24-14-20-13-21(30)10-8-19(20)15-35-24/h3,5,7-8,10,13-15,22H,4,6,9,11-12,16H2,1-2H3,(H2,33,34,36)(H,35,37,40)/t22-/m0/s1. The Bertz CT molecular complexity index is 1450. The van der Waals surface area contributed by atoms with E-state index in [0.29, 0.717) is 41.7 Å². The summed E-state index contributed by atoms with van der Waals surface area (Å²) in [7, 11) is 3.13. The van der Waals surface area contributed by atoms with E-state index in [1.807, 2.05) is 0 Å². The van der Waals surface area contributed by atoms with E-state index in [1.54, 1.807) is 25.4 Å². The average Bonchev–Trinajstić information content (AvgIpc) is 2.96. The Labute approximate surface area is 241 Å². The summed E-state index contributed by atoms with van der Waals surface area (Å²) >= 11 is 6.02. The van der Waals surface area contributed by atoms with Gasteiger partial charge in [0.05, 0.1) is 11.1 Å². The molecule has 1 aromatic heterocycles. The molecule has 3 N–H and O–H groups in total. The van der Waals surface area contributed by atoms with Gasteiger partial charge in [0.15, 0.2) is 6.19 Å².